The molecule has 2 unspecified atom stereocenters. The third kappa shape index (κ3) is 5.75. The summed E-state index contributed by atoms with van der Waals surface area (Å²) in [5, 5.41) is 21.4. The molecule has 2 aromatic rings. The van der Waals surface area contributed by atoms with Crippen LogP contribution in [0.1, 0.15) is 12.5 Å². The van der Waals surface area contributed by atoms with E-state index in [9.17, 15) is 48.3 Å². The maximum absolute atomic E-state index is 12.7. The molecular formula is C18H20N4O16P2-2. The van der Waals surface area contributed by atoms with Crippen molar-refractivity contribution in [3.05, 3.63) is 66.2 Å². The van der Waals surface area contributed by atoms with E-state index in [0.29, 0.717) is 9.13 Å². The highest BCUT2D eigenvalue weighted by atomic mass is 31.2. The summed E-state index contributed by atoms with van der Waals surface area (Å²) >= 11 is 0. The fraction of sp³-hybridized carbons (Fsp3) is 0.556. The second kappa shape index (κ2) is 10.7. The van der Waals surface area contributed by atoms with Crippen molar-refractivity contribution in [2.24, 2.45) is 0 Å². The third-order valence-electron chi connectivity index (χ3n) is 6.16. The number of phosphoric ester groups is 2. The second-order valence-corrected chi connectivity index (χ2v) is 11.5. The van der Waals surface area contributed by atoms with Gasteiger partial charge in [-0.15, -0.1) is 0 Å². The van der Waals surface area contributed by atoms with E-state index in [4.69, 9.17) is 27.6 Å². The number of aliphatic hydroxyl groups excluding tert-OH is 2. The van der Waals surface area contributed by atoms with E-state index in [1.54, 1.807) is 0 Å². The predicted octanol–water partition coefficient (Wildman–Crippen LogP) is -4.64. The molecule has 5 rings (SSSR count). The van der Waals surface area contributed by atoms with Crippen LogP contribution in [0.5, 0.6) is 0 Å². The number of phosphoric acid groups is 2. The SMILES string of the molecule is O=c1ccn([C@@H]2O[C@@H]3COP(=O)([O-])O[C@H]4[C@@H](O)[C@H](n5ccc(=O)[nH]c5=O)O[C@@H]4COP(=O)([O-])O[C@H]3[C@H]2O)c(=O)[nH]1. The monoisotopic (exact) mass is 610 g/mol. The first-order chi connectivity index (χ1) is 18.7. The Morgan fingerprint density at radius 1 is 0.750 bits per heavy atom. The predicted molar refractivity (Wildman–Crippen MR) is 119 cm³/mol. The smallest absolute Gasteiger partial charge is 0.330 e. The zero-order valence-corrected chi connectivity index (χ0v) is 21.5. The van der Waals surface area contributed by atoms with Crippen LogP contribution in [0.3, 0.4) is 0 Å². The number of aromatic nitrogens is 4. The van der Waals surface area contributed by atoms with Crippen molar-refractivity contribution in [3.63, 3.8) is 0 Å². The number of hydrogen-bond donors (Lipinski definition) is 4. The number of nitrogens with zero attached hydrogens (tertiary/aromatic N) is 2. The third-order valence-corrected chi connectivity index (χ3v) is 8.10. The van der Waals surface area contributed by atoms with Crippen LogP contribution in [0, 0.1) is 0 Å². The molecule has 220 valence electrons. The number of fused-ring (bicyclic) bond motifs is 2. The number of aromatic amines is 2. The Balaban J connectivity index is 1.43. The van der Waals surface area contributed by atoms with Gasteiger partial charge in [-0.1, -0.05) is 0 Å². The number of hydrogen-bond acceptors (Lipinski definition) is 16. The molecule has 3 saturated heterocycles. The van der Waals surface area contributed by atoms with Crippen molar-refractivity contribution in [3.8, 4) is 0 Å². The molecule has 0 spiro atoms. The summed E-state index contributed by atoms with van der Waals surface area (Å²) in [5.41, 5.74) is -3.62. The molecule has 3 fully saturated rings. The highest BCUT2D eigenvalue weighted by Gasteiger charge is 2.51. The molecule has 20 nitrogen and oxygen atoms in total. The maximum Gasteiger partial charge on any atom is 0.330 e. The van der Waals surface area contributed by atoms with Crippen LogP contribution in [0.15, 0.2) is 43.7 Å². The molecule has 0 amide bonds. The molecule has 0 aromatic carbocycles. The van der Waals surface area contributed by atoms with Crippen molar-refractivity contribution < 1.29 is 56.7 Å². The molecule has 0 radical (unpaired) electrons. The summed E-state index contributed by atoms with van der Waals surface area (Å²) < 4.78 is 57.1. The molecule has 5 heterocycles. The molecule has 3 aliphatic heterocycles. The molecule has 0 saturated carbocycles. The molecule has 22 heteroatoms. The summed E-state index contributed by atoms with van der Waals surface area (Å²) in [6.45, 7) is -2.01. The van der Waals surface area contributed by atoms with E-state index in [1.165, 1.54) is 0 Å². The lowest BCUT2D eigenvalue weighted by Crippen LogP contribution is -2.41. The first kappa shape index (κ1) is 28.9. The van der Waals surface area contributed by atoms with Crippen LogP contribution in [0.25, 0.3) is 0 Å². The lowest BCUT2D eigenvalue weighted by atomic mass is 10.1. The number of rotatable bonds is 2. The first-order valence-electron chi connectivity index (χ1n) is 11.3. The summed E-state index contributed by atoms with van der Waals surface area (Å²) in [4.78, 5) is 76.2. The van der Waals surface area contributed by atoms with Gasteiger partial charge in [-0.05, 0) is 0 Å². The Kier molecular flexibility index (Phi) is 7.72. The van der Waals surface area contributed by atoms with E-state index in [-0.39, 0.29) is 0 Å². The molecule has 10 atom stereocenters. The molecular weight excluding hydrogens is 590 g/mol. The Morgan fingerprint density at radius 3 is 1.48 bits per heavy atom. The lowest BCUT2D eigenvalue weighted by Gasteiger charge is -2.34. The topological polar surface area (TPSA) is 286 Å². The van der Waals surface area contributed by atoms with E-state index in [0.717, 1.165) is 24.5 Å². The number of ether oxygens (including phenoxy) is 2. The quantitative estimate of drug-likeness (QED) is 0.233. The Labute approximate surface area is 220 Å². The van der Waals surface area contributed by atoms with Gasteiger partial charge in [0.25, 0.3) is 26.8 Å². The number of nitrogens with one attached hydrogen (secondary N) is 2. The van der Waals surface area contributed by atoms with Gasteiger partial charge >= 0.3 is 11.4 Å². The average Bonchev–Trinajstić information content (AvgIpc) is 3.32. The van der Waals surface area contributed by atoms with E-state index < -0.39 is 100 Å². The van der Waals surface area contributed by atoms with Crippen LogP contribution in [-0.2, 0) is 36.7 Å². The maximum atomic E-state index is 12.7. The summed E-state index contributed by atoms with van der Waals surface area (Å²) in [7, 11) is -10.7. The fourth-order valence-corrected chi connectivity index (χ4v) is 6.27. The zero-order valence-electron chi connectivity index (χ0n) is 19.7. The van der Waals surface area contributed by atoms with Crippen molar-refractivity contribution in [2.45, 2.75) is 49.1 Å². The highest BCUT2D eigenvalue weighted by molar-refractivity contribution is 7.46. The van der Waals surface area contributed by atoms with Gasteiger partial charge in [0.2, 0.25) is 0 Å². The minimum atomic E-state index is -5.36. The van der Waals surface area contributed by atoms with Gasteiger partial charge in [0.05, 0.1) is 13.2 Å². The first-order valence-corrected chi connectivity index (χ1v) is 14.2. The normalized spacial score (nSPS) is 40.5. The average molecular weight is 610 g/mol. The lowest BCUT2D eigenvalue weighted by molar-refractivity contribution is -0.244. The van der Waals surface area contributed by atoms with Crippen LogP contribution >= 0.6 is 15.6 Å². The second-order valence-electron chi connectivity index (χ2n) is 8.77. The van der Waals surface area contributed by atoms with Crippen LogP contribution in [0.4, 0.5) is 0 Å². The number of H-pyrrole nitrogens is 2. The van der Waals surface area contributed by atoms with Crippen LogP contribution in [-0.4, -0.2) is 79.2 Å². The molecule has 0 aliphatic carbocycles. The van der Waals surface area contributed by atoms with Gasteiger partial charge in [0, 0.05) is 24.5 Å². The standard InChI is InChI=1S/C18H22N4O16P2/c23-9-1-3-21(17(27)19-9)15-11(25)13-7(35-15)5-33-40(31,32)38-14-8(6-34-39(29,30)37-13)36-16(12(14)26)22-4-2-10(24)20-18(22)28/h1-4,7-8,11-16,25-26H,5-6H2,(H,29,30)(H,31,32)(H,19,23,27)(H,20,24,28)/p-2/t7-,8-,11-,12-,13-,14-,15-,16-/m1/s1. The molecule has 3 aliphatic rings. The summed E-state index contributed by atoms with van der Waals surface area (Å²) in [6.07, 6.45) is -12.3. The fourth-order valence-electron chi connectivity index (χ4n) is 4.37. The zero-order chi connectivity index (χ0) is 29.0. The number of aliphatic hydroxyl groups is 2. The van der Waals surface area contributed by atoms with Gasteiger partial charge in [-0.2, -0.15) is 0 Å². The Hall–Kier alpha value is -2.58. The Morgan fingerprint density at radius 2 is 1.12 bits per heavy atom. The molecule has 0 bridgehead atoms. The van der Waals surface area contributed by atoms with Gasteiger partial charge in [-0.25, -0.2) is 9.59 Å². The largest absolute Gasteiger partial charge is 0.756 e. The highest BCUT2D eigenvalue weighted by Crippen LogP contribution is 2.50. The summed E-state index contributed by atoms with van der Waals surface area (Å²) in [5.74, 6) is 0. The minimum absolute atomic E-state index is 0.706. The van der Waals surface area contributed by atoms with E-state index in [1.807, 2.05) is 9.97 Å². The molecule has 2 aromatic heterocycles. The molecule has 40 heavy (non-hydrogen) atoms. The van der Waals surface area contributed by atoms with Gasteiger partial charge in [-0.3, -0.25) is 37.8 Å². The van der Waals surface area contributed by atoms with E-state index in [2.05, 4.69) is 0 Å². The van der Waals surface area contributed by atoms with Crippen LogP contribution in [0.2, 0.25) is 0 Å². The van der Waals surface area contributed by atoms with E-state index >= 15 is 0 Å². The van der Waals surface area contributed by atoms with Crippen LogP contribution < -0.4 is 32.3 Å². The Bertz CT molecular complexity index is 1480. The van der Waals surface area contributed by atoms with Gasteiger partial charge in [0.1, 0.15) is 36.6 Å². The van der Waals surface area contributed by atoms with Crippen molar-refractivity contribution >= 4 is 15.6 Å². The van der Waals surface area contributed by atoms with Crippen molar-refractivity contribution in [2.75, 3.05) is 13.2 Å². The van der Waals surface area contributed by atoms with Crippen molar-refractivity contribution in [1.82, 2.24) is 19.1 Å². The van der Waals surface area contributed by atoms with Gasteiger partial charge < -0.3 is 47.6 Å². The summed E-state index contributed by atoms with van der Waals surface area (Å²) in [6, 6.07) is 1.83. The minimum Gasteiger partial charge on any atom is -0.756 e. The molecule has 4 N–H and O–H groups in total. The van der Waals surface area contributed by atoms with Crippen molar-refractivity contribution in [1.29, 1.82) is 0 Å². The van der Waals surface area contributed by atoms with Gasteiger partial charge in [0.15, 0.2) is 12.5 Å².